The third-order valence-corrected chi connectivity index (χ3v) is 7.07. The van der Waals surface area contributed by atoms with Crippen LogP contribution in [0.2, 0.25) is 0 Å². The van der Waals surface area contributed by atoms with Crippen LogP contribution in [-0.4, -0.2) is 50.2 Å². The van der Waals surface area contributed by atoms with E-state index >= 15 is 0 Å². The summed E-state index contributed by atoms with van der Waals surface area (Å²) in [4.78, 5) is 14.7. The Morgan fingerprint density at radius 3 is 2.42 bits per heavy atom. The van der Waals surface area contributed by atoms with Crippen molar-refractivity contribution < 1.29 is 9.53 Å². The largest absolute Gasteiger partial charge is 0.374 e. The summed E-state index contributed by atoms with van der Waals surface area (Å²) < 4.78 is 5.73. The van der Waals surface area contributed by atoms with E-state index in [-0.39, 0.29) is 12.0 Å². The van der Waals surface area contributed by atoms with Gasteiger partial charge in [-0.1, -0.05) is 5.57 Å². The fourth-order valence-electron chi connectivity index (χ4n) is 6.20. The van der Waals surface area contributed by atoms with Gasteiger partial charge in [-0.2, -0.15) is 0 Å². The monoisotopic (exact) mass is 332 g/mol. The normalized spacial score (nSPS) is 42.3. The molecule has 24 heavy (non-hydrogen) atoms. The third-order valence-electron chi connectivity index (χ3n) is 7.07. The number of hydrogen-bond acceptors (Lipinski definition) is 3. The Labute approximate surface area is 146 Å². The molecule has 1 atom stereocenters. The molecule has 4 aliphatic carbocycles. The molecule has 4 heteroatoms. The lowest BCUT2D eigenvalue weighted by Crippen LogP contribution is -2.47. The van der Waals surface area contributed by atoms with Gasteiger partial charge in [-0.05, 0) is 75.7 Å². The summed E-state index contributed by atoms with van der Waals surface area (Å²) in [6.07, 6.45) is 10.4. The van der Waals surface area contributed by atoms with Crippen LogP contribution in [0.3, 0.4) is 0 Å². The molecule has 5 aliphatic rings. The molecule has 4 saturated carbocycles. The van der Waals surface area contributed by atoms with Gasteiger partial charge in [0.2, 0.25) is 5.91 Å². The minimum Gasteiger partial charge on any atom is -0.374 e. The lowest BCUT2D eigenvalue weighted by Gasteiger charge is -2.57. The molecule has 0 radical (unpaired) electrons. The van der Waals surface area contributed by atoms with Crippen LogP contribution in [0.1, 0.15) is 45.4 Å². The van der Waals surface area contributed by atoms with E-state index in [1.807, 2.05) is 6.08 Å². The molecule has 134 valence electrons. The van der Waals surface area contributed by atoms with Crippen LogP contribution in [0.5, 0.6) is 0 Å². The molecule has 1 unspecified atom stereocenters. The Balaban J connectivity index is 1.35. The molecule has 0 aromatic carbocycles. The topological polar surface area (TPSA) is 41.6 Å². The van der Waals surface area contributed by atoms with E-state index in [2.05, 4.69) is 24.2 Å². The van der Waals surface area contributed by atoms with E-state index < -0.39 is 0 Å². The molecule has 1 aliphatic heterocycles. The molecule has 0 aromatic heterocycles. The van der Waals surface area contributed by atoms with Crippen molar-refractivity contribution in [2.24, 2.45) is 23.2 Å². The number of nitrogens with zero attached hydrogens (tertiary/aromatic N) is 1. The highest BCUT2D eigenvalue weighted by molar-refractivity contribution is 5.88. The van der Waals surface area contributed by atoms with E-state index in [4.69, 9.17) is 4.74 Å². The predicted molar refractivity (Wildman–Crippen MR) is 94.6 cm³/mol. The molecule has 1 N–H and O–H groups in total. The van der Waals surface area contributed by atoms with E-state index in [9.17, 15) is 4.79 Å². The zero-order valence-electron chi connectivity index (χ0n) is 15.2. The van der Waals surface area contributed by atoms with Crippen LogP contribution < -0.4 is 5.32 Å². The molecule has 1 saturated heterocycles. The van der Waals surface area contributed by atoms with Gasteiger partial charge < -0.3 is 15.0 Å². The van der Waals surface area contributed by atoms with Crippen molar-refractivity contribution in [2.75, 3.05) is 33.3 Å². The van der Waals surface area contributed by atoms with Gasteiger partial charge in [0, 0.05) is 25.7 Å². The minimum absolute atomic E-state index is 0.0695. The Morgan fingerprint density at radius 2 is 1.83 bits per heavy atom. The fraction of sp³-hybridized carbons (Fsp3) is 0.850. The van der Waals surface area contributed by atoms with Gasteiger partial charge in [-0.25, -0.2) is 0 Å². The second kappa shape index (κ2) is 6.45. The second-order valence-electron chi connectivity index (χ2n) is 9.03. The molecule has 0 aromatic rings. The number of allylic oxidation sites excluding steroid dienone is 1. The number of likely N-dealkylation sites (N-methyl/N-ethyl adjacent to an activating group) is 1. The van der Waals surface area contributed by atoms with Gasteiger partial charge in [-0.15, -0.1) is 0 Å². The molecule has 1 amide bonds. The van der Waals surface area contributed by atoms with Crippen LogP contribution in [-0.2, 0) is 9.53 Å². The van der Waals surface area contributed by atoms with Crippen LogP contribution in [0.4, 0.5) is 0 Å². The van der Waals surface area contributed by atoms with Crippen molar-refractivity contribution in [3.05, 3.63) is 11.6 Å². The summed E-state index contributed by atoms with van der Waals surface area (Å²) in [6.45, 7) is 5.47. The Morgan fingerprint density at radius 1 is 1.21 bits per heavy atom. The average molecular weight is 332 g/mol. The summed E-state index contributed by atoms with van der Waals surface area (Å²) >= 11 is 0. The molecule has 5 fully saturated rings. The van der Waals surface area contributed by atoms with E-state index in [1.165, 1.54) is 44.1 Å². The zero-order chi connectivity index (χ0) is 16.7. The predicted octanol–water partition coefficient (Wildman–Crippen LogP) is 2.60. The Bertz CT molecular complexity index is 492. The number of amides is 1. The minimum atomic E-state index is 0.0695. The van der Waals surface area contributed by atoms with Crippen molar-refractivity contribution in [3.63, 3.8) is 0 Å². The van der Waals surface area contributed by atoms with Gasteiger partial charge in [-0.3, -0.25) is 4.79 Å². The van der Waals surface area contributed by atoms with Crippen molar-refractivity contribution in [1.82, 2.24) is 10.2 Å². The van der Waals surface area contributed by atoms with Crippen molar-refractivity contribution in [3.8, 4) is 0 Å². The number of carbonyl (C=O) groups is 1. The Hall–Kier alpha value is -0.870. The quantitative estimate of drug-likeness (QED) is 0.805. The number of ether oxygens (including phenoxy) is 1. The van der Waals surface area contributed by atoms with Crippen LogP contribution >= 0.6 is 0 Å². The third kappa shape index (κ3) is 3.28. The van der Waals surface area contributed by atoms with E-state index in [0.29, 0.717) is 12.0 Å². The lowest BCUT2D eigenvalue weighted by molar-refractivity contribution is -0.117. The summed E-state index contributed by atoms with van der Waals surface area (Å²) in [5.41, 5.74) is 1.67. The van der Waals surface area contributed by atoms with Crippen molar-refractivity contribution >= 4 is 5.91 Å². The molecular weight excluding hydrogens is 300 g/mol. The summed E-state index contributed by atoms with van der Waals surface area (Å²) in [5, 5.41) is 3.07. The molecule has 0 spiro atoms. The van der Waals surface area contributed by atoms with Crippen LogP contribution in [0.25, 0.3) is 0 Å². The highest BCUT2D eigenvalue weighted by Gasteiger charge is 2.51. The number of hydrogen-bond donors (Lipinski definition) is 1. The van der Waals surface area contributed by atoms with Gasteiger partial charge in [0.25, 0.3) is 0 Å². The first-order valence-corrected chi connectivity index (χ1v) is 9.79. The standard InChI is InChI=1S/C20H32N2O2/c1-14(5-19(23)21-12-18-13-22(2)3-4-24-18)20-9-15-6-16(10-20)8-17(7-15)11-20/h5,15-18H,3-4,6-13H2,1-2H3,(H,21,23)/b14-5-. The molecular formula is C20H32N2O2. The van der Waals surface area contributed by atoms with E-state index in [1.54, 1.807) is 0 Å². The van der Waals surface area contributed by atoms with Crippen molar-refractivity contribution in [1.29, 1.82) is 0 Å². The second-order valence-corrected chi connectivity index (χ2v) is 9.03. The molecule has 4 nitrogen and oxygen atoms in total. The summed E-state index contributed by atoms with van der Waals surface area (Å²) in [5.74, 6) is 2.84. The number of rotatable bonds is 4. The molecule has 1 heterocycles. The maximum atomic E-state index is 12.4. The average Bonchev–Trinajstić information content (AvgIpc) is 2.52. The first kappa shape index (κ1) is 16.6. The van der Waals surface area contributed by atoms with Gasteiger partial charge in [0.05, 0.1) is 12.7 Å². The number of nitrogens with one attached hydrogen (secondary N) is 1. The Kier molecular flexibility index (Phi) is 4.46. The highest BCUT2D eigenvalue weighted by atomic mass is 16.5. The van der Waals surface area contributed by atoms with Gasteiger partial charge in [0.15, 0.2) is 0 Å². The van der Waals surface area contributed by atoms with Crippen LogP contribution in [0.15, 0.2) is 11.6 Å². The fourth-order valence-corrected chi connectivity index (χ4v) is 6.20. The number of carbonyl (C=O) groups excluding carboxylic acids is 1. The smallest absolute Gasteiger partial charge is 0.244 e. The van der Waals surface area contributed by atoms with Gasteiger partial charge >= 0.3 is 0 Å². The first-order valence-electron chi connectivity index (χ1n) is 9.79. The van der Waals surface area contributed by atoms with Gasteiger partial charge in [0.1, 0.15) is 0 Å². The molecule has 5 rings (SSSR count). The first-order chi connectivity index (χ1) is 11.5. The van der Waals surface area contributed by atoms with Crippen LogP contribution in [0, 0.1) is 23.2 Å². The lowest BCUT2D eigenvalue weighted by atomic mass is 9.48. The highest BCUT2D eigenvalue weighted by Crippen LogP contribution is 2.62. The molecule has 4 bridgehead atoms. The SMILES string of the molecule is C/C(=C/C(=O)NCC1CN(C)CCO1)C12CC3CC(CC(C3)C1)C2. The van der Waals surface area contributed by atoms with Crippen molar-refractivity contribution in [2.45, 2.75) is 51.6 Å². The maximum absolute atomic E-state index is 12.4. The summed E-state index contributed by atoms with van der Waals surface area (Å²) in [6, 6.07) is 0. The number of morpholine rings is 1. The van der Waals surface area contributed by atoms with E-state index in [0.717, 1.165) is 37.5 Å². The maximum Gasteiger partial charge on any atom is 0.244 e. The summed E-state index contributed by atoms with van der Waals surface area (Å²) in [7, 11) is 2.11. The zero-order valence-corrected chi connectivity index (χ0v) is 15.2.